The van der Waals surface area contributed by atoms with Crippen molar-refractivity contribution in [2.75, 3.05) is 0 Å². The molecule has 0 radical (unpaired) electrons. The van der Waals surface area contributed by atoms with Crippen LogP contribution in [0, 0.1) is 0 Å². The minimum Gasteiger partial charge on any atom is -0.456 e. The third kappa shape index (κ3) is 2.48. The van der Waals surface area contributed by atoms with E-state index in [1.165, 1.54) is 6.42 Å². The van der Waals surface area contributed by atoms with Gasteiger partial charge in [-0.2, -0.15) is 0 Å². The van der Waals surface area contributed by atoms with Crippen LogP contribution in [0.25, 0.3) is 0 Å². The number of rotatable bonds is 3. The summed E-state index contributed by atoms with van der Waals surface area (Å²) in [5.41, 5.74) is 0. The topological polar surface area (TPSA) is 42.2 Å². The summed E-state index contributed by atoms with van der Waals surface area (Å²) in [5, 5.41) is 3.00. The van der Waals surface area contributed by atoms with Crippen molar-refractivity contribution in [1.82, 2.24) is 5.32 Å². The van der Waals surface area contributed by atoms with Gasteiger partial charge in [-0.15, -0.1) is 0 Å². The Morgan fingerprint density at radius 3 is 2.94 bits per heavy atom. The Morgan fingerprint density at radius 2 is 2.38 bits per heavy atom. The van der Waals surface area contributed by atoms with E-state index >= 15 is 0 Å². The molecule has 1 aromatic rings. The molecule has 3 nitrogen and oxygen atoms in total. The number of carbonyl (C=O) groups excluding carboxylic acids is 1. The fourth-order valence-electron chi connectivity index (χ4n) is 2.01. The maximum Gasteiger partial charge on any atom is 0.287 e. The van der Waals surface area contributed by atoms with Crippen molar-refractivity contribution in [3.05, 3.63) is 23.7 Å². The molecule has 1 amide bonds. The smallest absolute Gasteiger partial charge is 0.287 e. The molecule has 0 saturated heterocycles. The minimum atomic E-state index is -0.101. The highest BCUT2D eigenvalue weighted by Gasteiger charge is 2.27. The number of amides is 1. The van der Waals surface area contributed by atoms with Crippen molar-refractivity contribution >= 4 is 21.8 Å². The Kier molecular flexibility index (Phi) is 3.69. The van der Waals surface area contributed by atoms with E-state index in [0.29, 0.717) is 10.6 Å². The summed E-state index contributed by atoms with van der Waals surface area (Å²) < 4.78 is 5.41. The second kappa shape index (κ2) is 5.04. The van der Waals surface area contributed by atoms with Gasteiger partial charge in [-0.1, -0.05) is 29.3 Å². The first-order valence-electron chi connectivity index (χ1n) is 5.74. The molecule has 0 spiro atoms. The van der Waals surface area contributed by atoms with Crippen LogP contribution in [0.1, 0.15) is 42.5 Å². The van der Waals surface area contributed by atoms with Gasteiger partial charge in [0.1, 0.15) is 5.76 Å². The Labute approximate surface area is 104 Å². The predicted molar refractivity (Wildman–Crippen MR) is 65.9 cm³/mol. The van der Waals surface area contributed by atoms with E-state index in [9.17, 15) is 4.79 Å². The lowest BCUT2D eigenvalue weighted by atomic mass is 10.2. The maximum absolute atomic E-state index is 11.8. The van der Waals surface area contributed by atoms with Crippen molar-refractivity contribution < 1.29 is 9.21 Å². The largest absolute Gasteiger partial charge is 0.456 e. The number of halogens is 1. The first-order chi connectivity index (χ1) is 7.70. The van der Waals surface area contributed by atoms with Crippen LogP contribution in [-0.4, -0.2) is 16.8 Å². The Bertz CT molecular complexity index is 375. The quantitative estimate of drug-likeness (QED) is 0.868. The SMILES string of the molecule is CCc1ccc(C(=O)NC2CCCC2Br)o1. The third-order valence-electron chi connectivity index (χ3n) is 2.98. The standard InChI is InChI=1S/C12H16BrNO2/c1-2-8-6-7-11(16-8)12(15)14-10-5-3-4-9(10)13/h6-7,9-10H,2-5H2,1H3,(H,14,15). The van der Waals surface area contributed by atoms with Crippen LogP contribution in [-0.2, 0) is 6.42 Å². The summed E-state index contributed by atoms with van der Waals surface area (Å²) in [5.74, 6) is 1.17. The maximum atomic E-state index is 11.8. The average molecular weight is 286 g/mol. The average Bonchev–Trinajstić information content (AvgIpc) is 2.88. The lowest BCUT2D eigenvalue weighted by molar-refractivity contribution is 0.0909. The monoisotopic (exact) mass is 285 g/mol. The van der Waals surface area contributed by atoms with Crippen molar-refractivity contribution in [2.45, 2.75) is 43.5 Å². The molecule has 88 valence electrons. The molecule has 2 unspecified atom stereocenters. The van der Waals surface area contributed by atoms with E-state index < -0.39 is 0 Å². The van der Waals surface area contributed by atoms with Crippen LogP contribution in [0.2, 0.25) is 0 Å². The number of carbonyl (C=O) groups is 1. The van der Waals surface area contributed by atoms with Gasteiger partial charge in [0.05, 0.1) is 0 Å². The molecular weight excluding hydrogens is 270 g/mol. The van der Waals surface area contributed by atoms with E-state index in [2.05, 4.69) is 21.2 Å². The van der Waals surface area contributed by atoms with Gasteiger partial charge in [-0.25, -0.2) is 0 Å². The number of alkyl halides is 1. The zero-order valence-corrected chi connectivity index (χ0v) is 10.9. The Hall–Kier alpha value is -0.770. The lowest BCUT2D eigenvalue weighted by Gasteiger charge is -2.14. The van der Waals surface area contributed by atoms with Gasteiger partial charge in [0.2, 0.25) is 0 Å². The van der Waals surface area contributed by atoms with E-state index in [0.717, 1.165) is 25.0 Å². The summed E-state index contributed by atoms with van der Waals surface area (Å²) in [4.78, 5) is 12.2. The Balaban J connectivity index is 1.97. The molecule has 1 saturated carbocycles. The second-order valence-electron chi connectivity index (χ2n) is 4.15. The highest BCUT2D eigenvalue weighted by molar-refractivity contribution is 9.09. The molecule has 2 rings (SSSR count). The molecule has 1 aliphatic rings. The van der Waals surface area contributed by atoms with Gasteiger partial charge in [0.25, 0.3) is 5.91 Å². The molecule has 1 aliphatic carbocycles. The molecule has 0 bridgehead atoms. The molecule has 2 atom stereocenters. The molecule has 1 fully saturated rings. The summed E-state index contributed by atoms with van der Waals surface area (Å²) >= 11 is 3.58. The number of aryl methyl sites for hydroxylation is 1. The minimum absolute atomic E-state index is 0.101. The first-order valence-corrected chi connectivity index (χ1v) is 6.66. The number of hydrogen-bond donors (Lipinski definition) is 1. The van der Waals surface area contributed by atoms with Gasteiger partial charge in [-0.3, -0.25) is 4.79 Å². The van der Waals surface area contributed by atoms with Crippen molar-refractivity contribution in [1.29, 1.82) is 0 Å². The molecule has 1 heterocycles. The van der Waals surface area contributed by atoms with Crippen molar-refractivity contribution in [3.63, 3.8) is 0 Å². The van der Waals surface area contributed by atoms with Gasteiger partial charge in [0.15, 0.2) is 5.76 Å². The summed E-state index contributed by atoms with van der Waals surface area (Å²) in [6.07, 6.45) is 4.16. The van der Waals surface area contributed by atoms with E-state index in [1.807, 2.05) is 13.0 Å². The van der Waals surface area contributed by atoms with Crippen LogP contribution < -0.4 is 5.32 Å². The zero-order valence-electron chi connectivity index (χ0n) is 9.33. The fraction of sp³-hybridized carbons (Fsp3) is 0.583. The predicted octanol–water partition coefficient (Wildman–Crippen LogP) is 2.89. The number of nitrogens with one attached hydrogen (secondary N) is 1. The van der Waals surface area contributed by atoms with E-state index in [4.69, 9.17) is 4.42 Å². The van der Waals surface area contributed by atoms with Crippen LogP contribution in [0.5, 0.6) is 0 Å². The first kappa shape index (κ1) is 11.7. The highest BCUT2D eigenvalue weighted by Crippen LogP contribution is 2.25. The van der Waals surface area contributed by atoms with Gasteiger partial charge in [-0.05, 0) is 25.0 Å². The zero-order chi connectivity index (χ0) is 11.5. The third-order valence-corrected chi connectivity index (χ3v) is 4.08. The number of hydrogen-bond acceptors (Lipinski definition) is 2. The van der Waals surface area contributed by atoms with Crippen LogP contribution in [0.4, 0.5) is 0 Å². The molecule has 16 heavy (non-hydrogen) atoms. The van der Waals surface area contributed by atoms with E-state index in [1.54, 1.807) is 6.07 Å². The normalized spacial score (nSPS) is 24.6. The molecule has 0 aliphatic heterocycles. The lowest BCUT2D eigenvalue weighted by Crippen LogP contribution is -2.37. The van der Waals surface area contributed by atoms with Crippen molar-refractivity contribution in [2.24, 2.45) is 0 Å². The molecular formula is C12H16BrNO2. The Morgan fingerprint density at radius 1 is 1.56 bits per heavy atom. The molecule has 0 aromatic carbocycles. The summed E-state index contributed by atoms with van der Waals surface area (Å²) in [6.45, 7) is 2.01. The van der Waals surface area contributed by atoms with Crippen molar-refractivity contribution in [3.8, 4) is 0 Å². The summed E-state index contributed by atoms with van der Waals surface area (Å²) in [6, 6.07) is 3.84. The highest BCUT2D eigenvalue weighted by atomic mass is 79.9. The molecule has 4 heteroatoms. The van der Waals surface area contributed by atoms with Gasteiger partial charge >= 0.3 is 0 Å². The van der Waals surface area contributed by atoms with Crippen LogP contribution in [0.15, 0.2) is 16.5 Å². The van der Waals surface area contributed by atoms with E-state index in [-0.39, 0.29) is 11.9 Å². The van der Waals surface area contributed by atoms with Crippen LogP contribution >= 0.6 is 15.9 Å². The summed E-state index contributed by atoms with van der Waals surface area (Å²) in [7, 11) is 0. The fourth-order valence-corrected chi connectivity index (χ4v) is 2.73. The second-order valence-corrected chi connectivity index (χ2v) is 5.32. The molecule has 1 N–H and O–H groups in total. The van der Waals surface area contributed by atoms with Gasteiger partial charge < -0.3 is 9.73 Å². The van der Waals surface area contributed by atoms with Gasteiger partial charge in [0, 0.05) is 17.3 Å². The van der Waals surface area contributed by atoms with Crippen LogP contribution in [0.3, 0.4) is 0 Å². The molecule has 1 aromatic heterocycles. The number of furan rings is 1.